The molecule has 0 aliphatic rings. The van der Waals surface area contributed by atoms with Crippen LogP contribution >= 0.6 is 0 Å². The van der Waals surface area contributed by atoms with E-state index in [9.17, 15) is 13.6 Å². The van der Waals surface area contributed by atoms with Gasteiger partial charge in [0.1, 0.15) is 11.4 Å². The lowest BCUT2D eigenvalue weighted by atomic mass is 10.1. The van der Waals surface area contributed by atoms with Crippen LogP contribution < -0.4 is 15.8 Å². The standard InChI is InChI=1S/C12H17F2NO.C5H5N3O/c1-12(2,3)15-8-9-5-4-6-10(7-9)16-11(13)14;6-5(9)4-3-7-1-2-8-4/h4-7,11,15H,8H2,1-3H3;1-3H,(H2,6,9). The Morgan fingerprint density at radius 1 is 1.32 bits per heavy atom. The molecule has 3 N–H and O–H groups in total. The fraction of sp³-hybridized carbons (Fsp3) is 0.353. The second kappa shape index (κ2) is 9.63. The normalized spacial score (nSPS) is 10.8. The van der Waals surface area contributed by atoms with Crippen LogP contribution in [0.4, 0.5) is 8.78 Å². The molecule has 0 bridgehead atoms. The maximum Gasteiger partial charge on any atom is 0.387 e. The molecule has 0 aliphatic carbocycles. The third-order valence-corrected chi connectivity index (χ3v) is 2.76. The predicted molar refractivity (Wildman–Crippen MR) is 90.2 cm³/mol. The van der Waals surface area contributed by atoms with Gasteiger partial charge in [0.25, 0.3) is 5.91 Å². The number of ether oxygens (including phenoxy) is 1. The lowest BCUT2D eigenvalue weighted by Gasteiger charge is -2.20. The summed E-state index contributed by atoms with van der Waals surface area (Å²) in [7, 11) is 0. The zero-order valence-electron chi connectivity index (χ0n) is 14.4. The molecule has 136 valence electrons. The topological polar surface area (TPSA) is 90.1 Å². The van der Waals surface area contributed by atoms with Crippen molar-refractivity contribution in [3.63, 3.8) is 0 Å². The molecule has 0 saturated heterocycles. The zero-order valence-corrected chi connectivity index (χ0v) is 14.4. The van der Waals surface area contributed by atoms with Gasteiger partial charge in [-0.3, -0.25) is 9.78 Å². The Bertz CT molecular complexity index is 661. The Kier molecular flexibility index (Phi) is 7.87. The number of carbonyl (C=O) groups is 1. The number of primary amides is 1. The molecule has 1 aromatic carbocycles. The van der Waals surface area contributed by atoms with Crippen LogP contribution in [-0.2, 0) is 6.54 Å². The van der Waals surface area contributed by atoms with Crippen LogP contribution in [-0.4, -0.2) is 28.0 Å². The van der Waals surface area contributed by atoms with Crippen molar-refractivity contribution in [2.75, 3.05) is 0 Å². The molecule has 1 heterocycles. The molecule has 0 radical (unpaired) electrons. The van der Waals surface area contributed by atoms with Crippen LogP contribution in [0.15, 0.2) is 42.9 Å². The van der Waals surface area contributed by atoms with Crippen LogP contribution in [0.1, 0.15) is 36.8 Å². The number of aromatic nitrogens is 2. The molecule has 1 amide bonds. The van der Waals surface area contributed by atoms with Crippen LogP contribution in [0.3, 0.4) is 0 Å². The number of hydrogen-bond donors (Lipinski definition) is 2. The van der Waals surface area contributed by atoms with Crippen molar-refractivity contribution in [3.8, 4) is 5.75 Å². The number of nitrogens with zero attached hydrogens (tertiary/aromatic N) is 2. The minimum absolute atomic E-state index is 0.000420. The first-order valence-electron chi connectivity index (χ1n) is 7.52. The Hall–Kier alpha value is -2.61. The summed E-state index contributed by atoms with van der Waals surface area (Å²) in [5.74, 6) is -0.355. The van der Waals surface area contributed by atoms with Gasteiger partial charge in [-0.05, 0) is 38.5 Å². The number of halogens is 2. The van der Waals surface area contributed by atoms with E-state index in [1.54, 1.807) is 12.1 Å². The number of hydrogen-bond acceptors (Lipinski definition) is 5. The number of benzene rings is 1. The van der Waals surface area contributed by atoms with Crippen molar-refractivity contribution in [1.82, 2.24) is 15.3 Å². The molecule has 2 rings (SSSR count). The lowest BCUT2D eigenvalue weighted by Crippen LogP contribution is -2.35. The summed E-state index contributed by atoms with van der Waals surface area (Å²) in [6.45, 7) is 4.00. The minimum atomic E-state index is -2.77. The summed E-state index contributed by atoms with van der Waals surface area (Å²) < 4.78 is 28.3. The highest BCUT2D eigenvalue weighted by molar-refractivity contribution is 5.90. The van der Waals surface area contributed by atoms with Crippen molar-refractivity contribution in [1.29, 1.82) is 0 Å². The minimum Gasteiger partial charge on any atom is -0.435 e. The molecule has 8 heteroatoms. The Balaban J connectivity index is 0.000000293. The smallest absolute Gasteiger partial charge is 0.387 e. The van der Waals surface area contributed by atoms with Crippen molar-refractivity contribution >= 4 is 5.91 Å². The number of nitrogens with one attached hydrogen (secondary N) is 1. The first-order chi connectivity index (χ1) is 11.7. The van der Waals surface area contributed by atoms with Crippen LogP contribution in [0.2, 0.25) is 0 Å². The van der Waals surface area contributed by atoms with Gasteiger partial charge in [0.15, 0.2) is 0 Å². The zero-order chi connectivity index (χ0) is 18.9. The van der Waals surface area contributed by atoms with Crippen molar-refractivity contribution in [2.45, 2.75) is 39.5 Å². The fourth-order valence-electron chi connectivity index (χ4n) is 1.63. The third-order valence-electron chi connectivity index (χ3n) is 2.76. The Morgan fingerprint density at radius 3 is 2.52 bits per heavy atom. The van der Waals surface area contributed by atoms with Crippen molar-refractivity contribution < 1.29 is 18.3 Å². The van der Waals surface area contributed by atoms with Crippen LogP contribution in [0.25, 0.3) is 0 Å². The number of amides is 1. The molecular weight excluding hydrogens is 330 g/mol. The summed E-state index contributed by atoms with van der Waals surface area (Å²) in [5, 5.41) is 3.28. The molecule has 0 unspecified atom stereocenters. The second-order valence-electron chi connectivity index (χ2n) is 6.08. The average molecular weight is 352 g/mol. The molecule has 2 aromatic rings. The van der Waals surface area contributed by atoms with E-state index in [0.717, 1.165) is 5.56 Å². The molecule has 1 aromatic heterocycles. The van der Waals surface area contributed by atoms with Gasteiger partial charge in [-0.15, -0.1) is 0 Å². The first kappa shape index (κ1) is 20.4. The van der Waals surface area contributed by atoms with E-state index in [4.69, 9.17) is 5.73 Å². The molecule has 0 spiro atoms. The van der Waals surface area contributed by atoms with Gasteiger partial charge in [-0.2, -0.15) is 8.78 Å². The first-order valence-corrected chi connectivity index (χ1v) is 7.52. The van der Waals surface area contributed by atoms with E-state index in [-0.39, 0.29) is 17.0 Å². The predicted octanol–water partition coefficient (Wildman–Crippen LogP) is 2.75. The molecule has 25 heavy (non-hydrogen) atoms. The summed E-state index contributed by atoms with van der Waals surface area (Å²) in [4.78, 5) is 17.6. The van der Waals surface area contributed by atoms with E-state index >= 15 is 0 Å². The number of rotatable bonds is 5. The fourth-order valence-corrected chi connectivity index (χ4v) is 1.63. The average Bonchev–Trinajstić information content (AvgIpc) is 2.53. The van der Waals surface area contributed by atoms with Gasteiger partial charge in [-0.1, -0.05) is 12.1 Å². The maximum absolute atomic E-state index is 12.0. The SMILES string of the molecule is CC(C)(C)NCc1cccc(OC(F)F)c1.NC(=O)c1cnccn1. The molecule has 0 fully saturated rings. The van der Waals surface area contributed by atoms with E-state index in [1.807, 2.05) is 26.8 Å². The highest BCUT2D eigenvalue weighted by atomic mass is 19.3. The van der Waals surface area contributed by atoms with Gasteiger partial charge in [0, 0.05) is 24.5 Å². The quantitative estimate of drug-likeness (QED) is 0.863. The summed E-state index contributed by atoms with van der Waals surface area (Å²) >= 11 is 0. The van der Waals surface area contributed by atoms with E-state index in [0.29, 0.717) is 6.54 Å². The number of alkyl halides is 2. The van der Waals surface area contributed by atoms with Gasteiger partial charge in [0.2, 0.25) is 0 Å². The molecule has 0 saturated carbocycles. The summed E-state index contributed by atoms with van der Waals surface area (Å²) in [6, 6.07) is 6.71. The Morgan fingerprint density at radius 2 is 2.04 bits per heavy atom. The molecular formula is C17H22F2N4O2. The van der Waals surface area contributed by atoms with Crippen molar-refractivity contribution in [2.24, 2.45) is 5.73 Å². The van der Waals surface area contributed by atoms with Gasteiger partial charge >= 0.3 is 6.61 Å². The number of nitrogens with two attached hydrogens (primary N) is 1. The van der Waals surface area contributed by atoms with E-state index in [2.05, 4.69) is 20.0 Å². The summed E-state index contributed by atoms with van der Waals surface area (Å²) in [5.41, 5.74) is 5.99. The van der Waals surface area contributed by atoms with E-state index in [1.165, 1.54) is 24.7 Å². The molecule has 0 atom stereocenters. The van der Waals surface area contributed by atoms with Crippen LogP contribution in [0.5, 0.6) is 5.75 Å². The molecule has 6 nitrogen and oxygen atoms in total. The highest BCUT2D eigenvalue weighted by Crippen LogP contribution is 2.16. The number of carbonyl (C=O) groups excluding carboxylic acids is 1. The monoisotopic (exact) mass is 352 g/mol. The molecule has 0 aliphatic heterocycles. The van der Waals surface area contributed by atoms with Crippen molar-refractivity contribution in [3.05, 3.63) is 54.1 Å². The van der Waals surface area contributed by atoms with Gasteiger partial charge in [0.05, 0.1) is 6.20 Å². The lowest BCUT2D eigenvalue weighted by molar-refractivity contribution is -0.0498. The van der Waals surface area contributed by atoms with E-state index < -0.39 is 12.5 Å². The highest BCUT2D eigenvalue weighted by Gasteiger charge is 2.09. The van der Waals surface area contributed by atoms with Crippen LogP contribution in [0, 0.1) is 0 Å². The van der Waals surface area contributed by atoms with Gasteiger partial charge < -0.3 is 15.8 Å². The van der Waals surface area contributed by atoms with Gasteiger partial charge in [-0.25, -0.2) is 4.98 Å². The third kappa shape index (κ3) is 9.31. The second-order valence-corrected chi connectivity index (χ2v) is 6.08. The Labute approximate surface area is 145 Å². The largest absolute Gasteiger partial charge is 0.435 e. The maximum atomic E-state index is 12.0. The summed E-state index contributed by atoms with van der Waals surface area (Å²) in [6.07, 6.45) is 4.22.